The molecule has 0 saturated heterocycles. The van der Waals surface area contributed by atoms with Gasteiger partial charge in [0.05, 0.1) is 5.69 Å². The van der Waals surface area contributed by atoms with E-state index in [0.717, 1.165) is 22.3 Å². The number of amides is 4. The number of benzene rings is 3. The topological polar surface area (TPSA) is 81.8 Å². The van der Waals surface area contributed by atoms with Crippen molar-refractivity contribution in [3.05, 3.63) is 102 Å². The SMILES string of the molecule is CCN(CC)C(=O)CN1C(=O)C(NC(=O)Nc2ccc(C)cc2)C=C(c2ccccc2)c2ccccc21. The summed E-state index contributed by atoms with van der Waals surface area (Å²) in [6.07, 6.45) is 1.77. The number of nitrogens with one attached hydrogen (secondary N) is 2. The lowest BCUT2D eigenvalue weighted by Crippen LogP contribution is -2.51. The number of nitrogens with zero attached hydrogens (tertiary/aromatic N) is 2. The minimum Gasteiger partial charge on any atom is -0.342 e. The Balaban J connectivity index is 1.73. The summed E-state index contributed by atoms with van der Waals surface area (Å²) in [6, 6.07) is 23.2. The van der Waals surface area contributed by atoms with Gasteiger partial charge in [-0.1, -0.05) is 66.2 Å². The molecule has 0 aliphatic carbocycles. The first-order valence-corrected chi connectivity index (χ1v) is 12.5. The lowest BCUT2D eigenvalue weighted by Gasteiger charge is -2.28. The number of carbonyl (C=O) groups is 3. The number of hydrogen-bond donors (Lipinski definition) is 2. The van der Waals surface area contributed by atoms with Crippen LogP contribution in [0.4, 0.5) is 16.2 Å². The summed E-state index contributed by atoms with van der Waals surface area (Å²) in [5, 5.41) is 5.62. The van der Waals surface area contributed by atoms with Crippen LogP contribution in [0.15, 0.2) is 84.9 Å². The van der Waals surface area contributed by atoms with E-state index in [2.05, 4.69) is 10.6 Å². The van der Waals surface area contributed by atoms with Crippen molar-refractivity contribution in [1.29, 1.82) is 0 Å². The van der Waals surface area contributed by atoms with Crippen molar-refractivity contribution >= 4 is 34.8 Å². The van der Waals surface area contributed by atoms with Crippen LogP contribution >= 0.6 is 0 Å². The van der Waals surface area contributed by atoms with E-state index in [1.165, 1.54) is 4.90 Å². The van der Waals surface area contributed by atoms with Gasteiger partial charge in [0, 0.05) is 24.3 Å². The Hall–Kier alpha value is -4.39. The maximum absolute atomic E-state index is 13.9. The van der Waals surface area contributed by atoms with E-state index in [1.807, 2.05) is 87.5 Å². The molecule has 0 saturated carbocycles. The fourth-order valence-corrected chi connectivity index (χ4v) is 4.44. The molecule has 0 radical (unpaired) electrons. The van der Waals surface area contributed by atoms with Crippen molar-refractivity contribution in [2.45, 2.75) is 26.8 Å². The molecule has 0 spiro atoms. The molecule has 7 heteroatoms. The molecule has 3 aromatic rings. The Morgan fingerprint density at radius 3 is 2.22 bits per heavy atom. The number of urea groups is 1. The van der Waals surface area contributed by atoms with Crippen LogP contribution in [0.5, 0.6) is 0 Å². The molecule has 0 aromatic heterocycles. The summed E-state index contributed by atoms with van der Waals surface area (Å²) < 4.78 is 0. The Bertz CT molecular complexity index is 1300. The quantitative estimate of drug-likeness (QED) is 0.492. The zero-order valence-corrected chi connectivity index (χ0v) is 21.4. The van der Waals surface area contributed by atoms with Crippen LogP contribution in [-0.4, -0.2) is 48.4 Å². The van der Waals surface area contributed by atoms with Crippen molar-refractivity contribution in [1.82, 2.24) is 10.2 Å². The van der Waals surface area contributed by atoms with E-state index in [4.69, 9.17) is 0 Å². The van der Waals surface area contributed by atoms with Crippen LogP contribution in [0, 0.1) is 6.92 Å². The van der Waals surface area contributed by atoms with Crippen molar-refractivity contribution in [3.63, 3.8) is 0 Å². The molecular weight excluding hydrogens is 464 g/mol. The van der Waals surface area contributed by atoms with E-state index < -0.39 is 12.1 Å². The Morgan fingerprint density at radius 2 is 1.54 bits per heavy atom. The average Bonchev–Trinajstić information content (AvgIpc) is 3.02. The summed E-state index contributed by atoms with van der Waals surface area (Å²) in [4.78, 5) is 43.2. The average molecular weight is 497 g/mol. The minimum absolute atomic E-state index is 0.120. The van der Waals surface area contributed by atoms with Gasteiger partial charge in [-0.25, -0.2) is 4.79 Å². The van der Waals surface area contributed by atoms with E-state index in [0.29, 0.717) is 24.5 Å². The fraction of sp³-hybridized carbons (Fsp3) is 0.233. The minimum atomic E-state index is -0.988. The second-order valence-corrected chi connectivity index (χ2v) is 8.90. The van der Waals surface area contributed by atoms with Gasteiger partial charge in [0.15, 0.2) is 0 Å². The largest absolute Gasteiger partial charge is 0.342 e. The number of rotatable bonds is 7. The van der Waals surface area contributed by atoms with Crippen LogP contribution in [0.3, 0.4) is 0 Å². The standard InChI is InChI=1S/C30H32N4O3/c1-4-33(5-2)28(35)20-34-27-14-10-9-13-24(27)25(22-11-7-6-8-12-22)19-26(29(34)36)32-30(37)31-23-17-15-21(3)16-18-23/h6-19,26H,4-5,20H2,1-3H3,(H2,31,32,37). The van der Waals surface area contributed by atoms with Gasteiger partial charge in [0.25, 0.3) is 5.91 Å². The smallest absolute Gasteiger partial charge is 0.320 e. The Morgan fingerprint density at radius 1 is 0.892 bits per heavy atom. The molecule has 2 N–H and O–H groups in total. The molecule has 4 amide bonds. The molecule has 3 aromatic carbocycles. The zero-order chi connectivity index (χ0) is 26.4. The molecule has 190 valence electrons. The number of hydrogen-bond acceptors (Lipinski definition) is 3. The van der Waals surface area contributed by atoms with Crippen LogP contribution in [0.2, 0.25) is 0 Å². The van der Waals surface area contributed by atoms with Gasteiger partial charge in [0.2, 0.25) is 5.91 Å². The van der Waals surface area contributed by atoms with E-state index >= 15 is 0 Å². The number of aryl methyl sites for hydroxylation is 1. The molecular formula is C30H32N4O3. The molecule has 4 rings (SSSR count). The molecule has 1 aliphatic heterocycles. The van der Waals surface area contributed by atoms with Crippen LogP contribution in [0.25, 0.3) is 5.57 Å². The van der Waals surface area contributed by atoms with Crippen molar-refractivity contribution in [3.8, 4) is 0 Å². The highest BCUT2D eigenvalue weighted by atomic mass is 16.2. The molecule has 1 aliphatic rings. The monoisotopic (exact) mass is 496 g/mol. The lowest BCUT2D eigenvalue weighted by molar-refractivity contribution is -0.131. The van der Waals surface area contributed by atoms with Crippen LogP contribution in [-0.2, 0) is 9.59 Å². The van der Waals surface area contributed by atoms with Crippen molar-refractivity contribution in [2.75, 3.05) is 29.9 Å². The summed E-state index contributed by atoms with van der Waals surface area (Å²) >= 11 is 0. The molecule has 0 fully saturated rings. The highest BCUT2D eigenvalue weighted by Gasteiger charge is 2.33. The van der Waals surface area contributed by atoms with E-state index in [-0.39, 0.29) is 18.4 Å². The van der Waals surface area contributed by atoms with Gasteiger partial charge in [-0.2, -0.15) is 0 Å². The second kappa shape index (κ2) is 11.6. The lowest BCUT2D eigenvalue weighted by atomic mass is 9.95. The van der Waals surface area contributed by atoms with Crippen molar-refractivity contribution < 1.29 is 14.4 Å². The highest BCUT2D eigenvalue weighted by molar-refractivity contribution is 6.09. The van der Waals surface area contributed by atoms with E-state index in [1.54, 1.807) is 23.1 Å². The summed E-state index contributed by atoms with van der Waals surface area (Å²) in [6.45, 7) is 6.77. The third-order valence-corrected chi connectivity index (χ3v) is 6.44. The molecule has 1 unspecified atom stereocenters. The van der Waals surface area contributed by atoms with Gasteiger partial charge in [-0.3, -0.25) is 9.59 Å². The molecule has 1 atom stereocenters. The van der Waals surface area contributed by atoms with Gasteiger partial charge < -0.3 is 20.4 Å². The predicted octanol–water partition coefficient (Wildman–Crippen LogP) is 4.83. The van der Waals surface area contributed by atoms with Crippen LogP contribution < -0.4 is 15.5 Å². The number of fused-ring (bicyclic) bond motifs is 1. The summed E-state index contributed by atoms with van der Waals surface area (Å²) in [7, 11) is 0. The van der Waals surface area contributed by atoms with Gasteiger partial charge in [-0.15, -0.1) is 0 Å². The number of para-hydroxylation sites is 1. The van der Waals surface area contributed by atoms with Gasteiger partial charge >= 0.3 is 6.03 Å². The summed E-state index contributed by atoms with van der Waals surface area (Å²) in [5.74, 6) is -0.530. The Labute approximate surface area is 217 Å². The van der Waals surface area contributed by atoms with E-state index in [9.17, 15) is 14.4 Å². The number of anilines is 2. The number of carbonyl (C=O) groups excluding carboxylic acids is 3. The normalized spacial score (nSPS) is 14.8. The predicted molar refractivity (Wildman–Crippen MR) is 147 cm³/mol. The molecule has 7 nitrogen and oxygen atoms in total. The van der Waals surface area contributed by atoms with Crippen LogP contribution in [0.1, 0.15) is 30.5 Å². The first-order valence-electron chi connectivity index (χ1n) is 12.5. The first kappa shape index (κ1) is 25.7. The third kappa shape index (κ3) is 5.89. The first-order chi connectivity index (χ1) is 17.9. The molecule has 37 heavy (non-hydrogen) atoms. The highest BCUT2D eigenvalue weighted by Crippen LogP contribution is 2.35. The van der Waals surface area contributed by atoms with Crippen molar-refractivity contribution in [2.24, 2.45) is 0 Å². The summed E-state index contributed by atoms with van der Waals surface area (Å²) in [5.41, 5.74) is 4.86. The maximum atomic E-state index is 13.9. The fourth-order valence-electron chi connectivity index (χ4n) is 4.44. The maximum Gasteiger partial charge on any atom is 0.320 e. The third-order valence-electron chi connectivity index (χ3n) is 6.44. The Kier molecular flexibility index (Phi) is 8.03. The molecule has 0 bridgehead atoms. The van der Waals surface area contributed by atoms with Gasteiger partial charge in [0.1, 0.15) is 12.6 Å². The second-order valence-electron chi connectivity index (χ2n) is 8.90. The zero-order valence-electron chi connectivity index (χ0n) is 21.4. The number of likely N-dealkylation sites (N-methyl/N-ethyl adjacent to an activating group) is 1. The van der Waals surface area contributed by atoms with Gasteiger partial charge in [-0.05, 0) is 56.2 Å². The molecule has 1 heterocycles.